The van der Waals surface area contributed by atoms with Gasteiger partial charge < -0.3 is 5.32 Å². The van der Waals surface area contributed by atoms with Gasteiger partial charge >= 0.3 is 0 Å². The molecular weight excluding hydrogens is 339 g/mol. The number of benzene rings is 2. The lowest BCUT2D eigenvalue weighted by Gasteiger charge is -2.20. The van der Waals surface area contributed by atoms with Gasteiger partial charge in [-0.05, 0) is 54.3 Å². The van der Waals surface area contributed by atoms with Crippen molar-refractivity contribution >= 4 is 32.6 Å². The Labute approximate surface area is 139 Å². The Morgan fingerprint density at radius 2 is 1.78 bits per heavy atom. The summed E-state index contributed by atoms with van der Waals surface area (Å²) >= 11 is 5.76. The summed E-state index contributed by atoms with van der Waals surface area (Å²) in [6, 6.07) is 8.16. The maximum absolute atomic E-state index is 14.4. The minimum atomic E-state index is -3.92. The normalized spacial score (nSPS) is 15.6. The number of sulfonamides is 1. The van der Waals surface area contributed by atoms with Gasteiger partial charge in [-0.1, -0.05) is 18.2 Å². The molecule has 1 heterocycles. The fourth-order valence-electron chi connectivity index (χ4n) is 2.71. The van der Waals surface area contributed by atoms with Crippen molar-refractivity contribution in [1.29, 1.82) is 0 Å². The topological polar surface area (TPSA) is 58.5 Å². The highest BCUT2D eigenvalue weighted by atomic mass is 35.5. The van der Waals surface area contributed by atoms with Crippen molar-refractivity contribution in [3.8, 4) is 0 Å². The van der Waals surface area contributed by atoms with Crippen LogP contribution >= 0.6 is 11.6 Å². The van der Waals surface area contributed by atoms with E-state index in [1.807, 2.05) is 32.0 Å². The van der Waals surface area contributed by atoms with Gasteiger partial charge in [0.1, 0.15) is 10.7 Å². The molecule has 0 amide bonds. The SMILES string of the molecule is Cc1cccc(C)c1Cc1c(F)ccc2c1NC(Cl)=NS2(=O)=O. The van der Waals surface area contributed by atoms with Gasteiger partial charge in [0.25, 0.3) is 10.0 Å². The Balaban J connectivity index is 2.19. The second-order valence-corrected chi connectivity index (χ2v) is 7.36. The van der Waals surface area contributed by atoms with Crippen molar-refractivity contribution in [3.05, 3.63) is 58.4 Å². The highest BCUT2D eigenvalue weighted by Crippen LogP contribution is 2.35. The minimum Gasteiger partial charge on any atom is -0.328 e. The molecule has 0 saturated carbocycles. The predicted octanol–water partition coefficient (Wildman–Crippen LogP) is 3.74. The number of halogens is 2. The number of hydrogen-bond acceptors (Lipinski definition) is 3. The highest BCUT2D eigenvalue weighted by Gasteiger charge is 2.28. The van der Waals surface area contributed by atoms with Crippen LogP contribution in [-0.2, 0) is 16.4 Å². The van der Waals surface area contributed by atoms with Crippen LogP contribution in [0.2, 0.25) is 0 Å². The van der Waals surface area contributed by atoms with E-state index < -0.39 is 15.8 Å². The summed E-state index contributed by atoms with van der Waals surface area (Å²) in [4.78, 5) is -0.0652. The molecule has 23 heavy (non-hydrogen) atoms. The van der Waals surface area contributed by atoms with Crippen LogP contribution in [0.5, 0.6) is 0 Å². The molecule has 1 N–H and O–H groups in total. The molecule has 120 valence electrons. The lowest BCUT2D eigenvalue weighted by Crippen LogP contribution is -2.19. The summed E-state index contributed by atoms with van der Waals surface area (Å²) in [6.07, 6.45) is 0.264. The maximum atomic E-state index is 14.4. The summed E-state index contributed by atoms with van der Waals surface area (Å²) in [6.45, 7) is 3.88. The van der Waals surface area contributed by atoms with Crippen LogP contribution in [0.15, 0.2) is 39.6 Å². The summed E-state index contributed by atoms with van der Waals surface area (Å²) in [5.74, 6) is -0.486. The third-order valence-electron chi connectivity index (χ3n) is 3.92. The fourth-order valence-corrected chi connectivity index (χ4v) is 4.11. The van der Waals surface area contributed by atoms with E-state index in [9.17, 15) is 12.8 Å². The number of nitrogens with zero attached hydrogens (tertiary/aromatic N) is 1. The van der Waals surface area contributed by atoms with E-state index in [4.69, 9.17) is 11.6 Å². The number of nitrogens with one attached hydrogen (secondary N) is 1. The first kappa shape index (κ1) is 16.0. The van der Waals surface area contributed by atoms with Crippen LogP contribution in [0.3, 0.4) is 0 Å². The third-order valence-corrected chi connectivity index (χ3v) is 5.52. The smallest absolute Gasteiger partial charge is 0.287 e. The molecule has 2 aromatic rings. The zero-order chi connectivity index (χ0) is 16.8. The van der Waals surface area contributed by atoms with E-state index >= 15 is 0 Å². The Morgan fingerprint density at radius 3 is 2.43 bits per heavy atom. The van der Waals surface area contributed by atoms with Crippen molar-refractivity contribution in [3.63, 3.8) is 0 Å². The molecule has 2 aromatic carbocycles. The monoisotopic (exact) mass is 352 g/mol. The van der Waals surface area contributed by atoms with Gasteiger partial charge in [-0.15, -0.1) is 4.40 Å². The molecule has 3 rings (SSSR count). The first-order valence-electron chi connectivity index (χ1n) is 6.93. The second-order valence-electron chi connectivity index (χ2n) is 5.43. The molecule has 0 atom stereocenters. The van der Waals surface area contributed by atoms with Crippen LogP contribution in [-0.4, -0.2) is 13.7 Å². The zero-order valence-electron chi connectivity index (χ0n) is 12.5. The van der Waals surface area contributed by atoms with Crippen molar-refractivity contribution in [1.82, 2.24) is 0 Å². The molecule has 0 radical (unpaired) electrons. The number of aryl methyl sites for hydroxylation is 2. The minimum absolute atomic E-state index is 0.0652. The molecule has 1 aliphatic heterocycles. The third kappa shape index (κ3) is 2.84. The standard InChI is InChI=1S/C16H14ClFN2O2S/c1-9-4-3-5-10(2)11(9)8-12-13(18)6-7-14-15(12)19-16(17)20-23(14,21)22/h3-7H,8H2,1-2H3,(H,19,20). The molecular formula is C16H14ClFN2O2S. The average molecular weight is 353 g/mol. The summed E-state index contributed by atoms with van der Waals surface area (Å²) in [7, 11) is -3.92. The lowest BCUT2D eigenvalue weighted by atomic mass is 9.95. The van der Waals surface area contributed by atoms with E-state index in [-0.39, 0.29) is 27.9 Å². The van der Waals surface area contributed by atoms with Gasteiger partial charge in [0.15, 0.2) is 0 Å². The van der Waals surface area contributed by atoms with Crippen LogP contribution in [0.25, 0.3) is 0 Å². The Kier molecular flexibility index (Phi) is 3.90. The molecule has 0 bridgehead atoms. The fraction of sp³-hybridized carbons (Fsp3) is 0.188. The number of amidine groups is 1. The lowest BCUT2D eigenvalue weighted by molar-refractivity contribution is 0.595. The summed E-state index contributed by atoms with van der Waals surface area (Å²) in [5, 5.41) is 2.39. The first-order chi connectivity index (χ1) is 10.8. The molecule has 4 nitrogen and oxygen atoms in total. The van der Waals surface area contributed by atoms with Crippen molar-refractivity contribution in [2.24, 2.45) is 4.40 Å². The molecule has 0 fully saturated rings. The van der Waals surface area contributed by atoms with Crippen LogP contribution in [0, 0.1) is 19.7 Å². The molecule has 0 unspecified atom stereocenters. The quantitative estimate of drug-likeness (QED) is 0.837. The Hall–Kier alpha value is -1.92. The molecule has 0 saturated heterocycles. The van der Waals surface area contributed by atoms with Gasteiger partial charge in [-0.25, -0.2) is 4.39 Å². The maximum Gasteiger partial charge on any atom is 0.287 e. The molecule has 1 aliphatic rings. The number of anilines is 1. The van der Waals surface area contributed by atoms with E-state index in [0.29, 0.717) is 0 Å². The molecule has 7 heteroatoms. The van der Waals surface area contributed by atoms with E-state index in [0.717, 1.165) is 22.8 Å². The summed E-state index contributed by atoms with van der Waals surface area (Å²) < 4.78 is 42.0. The van der Waals surface area contributed by atoms with Crippen molar-refractivity contribution in [2.45, 2.75) is 25.2 Å². The largest absolute Gasteiger partial charge is 0.328 e. The van der Waals surface area contributed by atoms with E-state index in [1.165, 1.54) is 6.07 Å². The van der Waals surface area contributed by atoms with E-state index in [2.05, 4.69) is 9.71 Å². The van der Waals surface area contributed by atoms with Gasteiger partial charge in [0.2, 0.25) is 5.29 Å². The number of fused-ring (bicyclic) bond motifs is 1. The van der Waals surface area contributed by atoms with Crippen molar-refractivity contribution in [2.75, 3.05) is 5.32 Å². The Morgan fingerprint density at radius 1 is 1.13 bits per heavy atom. The average Bonchev–Trinajstić information content (AvgIpc) is 2.43. The van der Waals surface area contributed by atoms with E-state index in [1.54, 1.807) is 0 Å². The predicted molar refractivity (Wildman–Crippen MR) is 89.2 cm³/mol. The van der Waals surface area contributed by atoms with Crippen LogP contribution in [0.1, 0.15) is 22.3 Å². The van der Waals surface area contributed by atoms with Gasteiger partial charge in [0.05, 0.1) is 5.69 Å². The summed E-state index contributed by atoms with van der Waals surface area (Å²) in [5.41, 5.74) is 3.41. The molecule has 0 spiro atoms. The number of rotatable bonds is 2. The molecule has 0 aromatic heterocycles. The number of hydrogen-bond donors (Lipinski definition) is 1. The molecule has 0 aliphatic carbocycles. The second kappa shape index (κ2) is 5.62. The zero-order valence-corrected chi connectivity index (χ0v) is 14.1. The van der Waals surface area contributed by atoms with Crippen LogP contribution in [0.4, 0.5) is 10.1 Å². The van der Waals surface area contributed by atoms with Crippen LogP contribution < -0.4 is 5.32 Å². The first-order valence-corrected chi connectivity index (χ1v) is 8.75. The van der Waals surface area contributed by atoms with Crippen molar-refractivity contribution < 1.29 is 12.8 Å². The Bertz CT molecular complexity index is 919. The van der Waals surface area contributed by atoms with Gasteiger partial charge in [0, 0.05) is 12.0 Å². The van der Waals surface area contributed by atoms with Gasteiger partial charge in [-0.2, -0.15) is 8.42 Å². The van der Waals surface area contributed by atoms with Gasteiger partial charge in [-0.3, -0.25) is 0 Å². The highest BCUT2D eigenvalue weighted by molar-refractivity contribution is 7.90.